The molecule has 3 aromatic carbocycles. The molecule has 0 amide bonds. The van der Waals surface area contributed by atoms with E-state index in [0.717, 1.165) is 11.1 Å². The second-order valence-electron chi connectivity index (χ2n) is 6.12. The van der Waals surface area contributed by atoms with Crippen molar-refractivity contribution < 1.29 is 9.66 Å². The van der Waals surface area contributed by atoms with Gasteiger partial charge in [0.15, 0.2) is 11.3 Å². The van der Waals surface area contributed by atoms with Crippen molar-refractivity contribution in [2.45, 2.75) is 6.92 Å². The van der Waals surface area contributed by atoms with Gasteiger partial charge in [-0.2, -0.15) is 0 Å². The van der Waals surface area contributed by atoms with Gasteiger partial charge in [-0.05, 0) is 19.1 Å². The van der Waals surface area contributed by atoms with Gasteiger partial charge in [-0.25, -0.2) is 9.97 Å². The summed E-state index contributed by atoms with van der Waals surface area (Å²) in [5.41, 5.74) is 3.51. The van der Waals surface area contributed by atoms with Crippen LogP contribution in [0.3, 0.4) is 0 Å². The first-order valence-electron chi connectivity index (χ1n) is 8.92. The number of nitro benzene ring substituents is 1. The standard InChI is InChI=1S/C22H17N3O3/c1-2-28-18-14-13-17-21(22(18)25(26)27)24-20(16-11-7-4-8-12-16)19(23-17)15-9-5-3-6-10-15/h3-14H,2H2,1H3. The molecule has 0 bridgehead atoms. The van der Waals surface area contributed by atoms with Gasteiger partial charge in [0.05, 0.1) is 28.4 Å². The maximum absolute atomic E-state index is 11.8. The maximum Gasteiger partial charge on any atom is 0.338 e. The van der Waals surface area contributed by atoms with E-state index in [1.807, 2.05) is 60.7 Å². The Kier molecular flexibility index (Phi) is 4.68. The number of hydrogen-bond donors (Lipinski definition) is 0. The molecule has 28 heavy (non-hydrogen) atoms. The number of nitro groups is 1. The van der Waals surface area contributed by atoms with Crippen LogP contribution in [0.1, 0.15) is 6.92 Å². The van der Waals surface area contributed by atoms with Gasteiger partial charge in [0.25, 0.3) is 0 Å². The van der Waals surface area contributed by atoms with Crippen molar-refractivity contribution in [2.24, 2.45) is 0 Å². The van der Waals surface area contributed by atoms with Gasteiger partial charge >= 0.3 is 5.69 Å². The predicted molar refractivity (Wildman–Crippen MR) is 108 cm³/mol. The maximum atomic E-state index is 11.8. The molecular weight excluding hydrogens is 354 g/mol. The zero-order chi connectivity index (χ0) is 19.5. The van der Waals surface area contributed by atoms with E-state index in [2.05, 4.69) is 0 Å². The van der Waals surface area contributed by atoms with Gasteiger partial charge in [-0.1, -0.05) is 60.7 Å². The average molecular weight is 371 g/mol. The van der Waals surface area contributed by atoms with Gasteiger partial charge in [-0.3, -0.25) is 10.1 Å². The van der Waals surface area contributed by atoms with E-state index in [-0.39, 0.29) is 17.0 Å². The number of ether oxygens (including phenoxy) is 1. The lowest BCUT2D eigenvalue weighted by atomic mass is 10.0. The quantitative estimate of drug-likeness (QED) is 0.353. The third-order valence-electron chi connectivity index (χ3n) is 4.35. The summed E-state index contributed by atoms with van der Waals surface area (Å²) in [7, 11) is 0. The molecule has 0 saturated heterocycles. The molecule has 0 aliphatic heterocycles. The summed E-state index contributed by atoms with van der Waals surface area (Å²) in [6.07, 6.45) is 0. The molecule has 0 radical (unpaired) electrons. The molecule has 0 fully saturated rings. The minimum atomic E-state index is -0.459. The fourth-order valence-corrected chi connectivity index (χ4v) is 3.13. The number of aromatic nitrogens is 2. The van der Waals surface area contributed by atoms with E-state index < -0.39 is 4.92 Å². The SMILES string of the molecule is CCOc1ccc2nc(-c3ccccc3)c(-c3ccccc3)nc2c1[N+](=O)[O-]. The van der Waals surface area contributed by atoms with Gasteiger partial charge in [0.1, 0.15) is 0 Å². The van der Waals surface area contributed by atoms with E-state index in [4.69, 9.17) is 14.7 Å². The smallest absolute Gasteiger partial charge is 0.338 e. The van der Waals surface area contributed by atoms with E-state index >= 15 is 0 Å². The fourth-order valence-electron chi connectivity index (χ4n) is 3.13. The van der Waals surface area contributed by atoms with Crippen LogP contribution in [0, 0.1) is 10.1 Å². The molecule has 4 aromatic rings. The Balaban J connectivity index is 2.07. The van der Waals surface area contributed by atoms with E-state index in [9.17, 15) is 10.1 Å². The molecule has 6 nitrogen and oxygen atoms in total. The van der Waals surface area contributed by atoms with Crippen LogP contribution < -0.4 is 4.74 Å². The fraction of sp³-hybridized carbons (Fsp3) is 0.0909. The highest BCUT2D eigenvalue weighted by molar-refractivity contribution is 5.92. The van der Waals surface area contributed by atoms with Crippen LogP contribution >= 0.6 is 0 Å². The highest BCUT2D eigenvalue weighted by Crippen LogP contribution is 2.37. The molecule has 0 aliphatic rings. The Labute approximate surface area is 161 Å². The molecular formula is C22H17N3O3. The molecule has 6 heteroatoms. The van der Waals surface area contributed by atoms with Crippen LogP contribution in [0.2, 0.25) is 0 Å². The van der Waals surface area contributed by atoms with Crippen LogP contribution in [-0.2, 0) is 0 Å². The van der Waals surface area contributed by atoms with Crippen molar-refractivity contribution in [3.63, 3.8) is 0 Å². The van der Waals surface area contributed by atoms with Crippen LogP contribution in [0.4, 0.5) is 5.69 Å². The Morgan fingerprint density at radius 1 is 0.857 bits per heavy atom. The Bertz CT molecular complexity index is 1150. The van der Waals surface area contributed by atoms with Gasteiger partial charge in [-0.15, -0.1) is 0 Å². The van der Waals surface area contributed by atoms with Crippen molar-refractivity contribution in [1.29, 1.82) is 0 Å². The molecule has 1 aromatic heterocycles. The van der Waals surface area contributed by atoms with Crippen molar-refractivity contribution in [3.05, 3.63) is 82.9 Å². The Morgan fingerprint density at radius 3 is 1.96 bits per heavy atom. The van der Waals surface area contributed by atoms with Crippen molar-refractivity contribution in [2.75, 3.05) is 6.61 Å². The van der Waals surface area contributed by atoms with Crippen LogP contribution in [0.25, 0.3) is 33.5 Å². The molecule has 138 valence electrons. The first-order valence-corrected chi connectivity index (χ1v) is 8.92. The zero-order valence-electron chi connectivity index (χ0n) is 15.2. The average Bonchev–Trinajstić information content (AvgIpc) is 2.74. The Morgan fingerprint density at radius 2 is 1.43 bits per heavy atom. The number of hydrogen-bond acceptors (Lipinski definition) is 5. The van der Waals surface area contributed by atoms with Gasteiger partial charge in [0, 0.05) is 11.1 Å². The topological polar surface area (TPSA) is 78.2 Å². The molecule has 0 saturated carbocycles. The lowest BCUT2D eigenvalue weighted by molar-refractivity contribution is -0.384. The van der Waals surface area contributed by atoms with E-state index in [0.29, 0.717) is 23.5 Å². The van der Waals surface area contributed by atoms with E-state index in [1.165, 1.54) is 0 Å². The first kappa shape index (κ1) is 17.6. The molecule has 0 spiro atoms. The lowest BCUT2D eigenvalue weighted by Gasteiger charge is -2.12. The third kappa shape index (κ3) is 3.16. The summed E-state index contributed by atoms with van der Waals surface area (Å²) in [5.74, 6) is 0.195. The highest BCUT2D eigenvalue weighted by atomic mass is 16.6. The zero-order valence-corrected chi connectivity index (χ0v) is 15.2. The normalized spacial score (nSPS) is 10.8. The van der Waals surface area contributed by atoms with E-state index in [1.54, 1.807) is 19.1 Å². The minimum Gasteiger partial charge on any atom is -0.487 e. The molecule has 0 aliphatic carbocycles. The second kappa shape index (κ2) is 7.44. The molecule has 4 rings (SSSR count). The van der Waals surface area contributed by atoms with Gasteiger partial charge < -0.3 is 4.74 Å². The van der Waals surface area contributed by atoms with Gasteiger partial charge in [0.2, 0.25) is 0 Å². The van der Waals surface area contributed by atoms with Crippen LogP contribution in [0.5, 0.6) is 5.75 Å². The van der Waals surface area contributed by atoms with Crippen molar-refractivity contribution in [1.82, 2.24) is 9.97 Å². The predicted octanol–water partition coefficient (Wildman–Crippen LogP) is 5.27. The van der Waals surface area contributed by atoms with Crippen LogP contribution in [0.15, 0.2) is 72.8 Å². The lowest BCUT2D eigenvalue weighted by Crippen LogP contribution is -2.02. The number of benzene rings is 3. The molecule has 0 atom stereocenters. The molecule has 1 heterocycles. The second-order valence-corrected chi connectivity index (χ2v) is 6.12. The minimum absolute atomic E-state index is 0.163. The number of fused-ring (bicyclic) bond motifs is 1. The summed E-state index contributed by atoms with van der Waals surface area (Å²) < 4.78 is 5.46. The van der Waals surface area contributed by atoms with Crippen LogP contribution in [-0.4, -0.2) is 21.5 Å². The first-order chi connectivity index (χ1) is 13.7. The number of nitrogens with zero attached hydrogens (tertiary/aromatic N) is 3. The summed E-state index contributed by atoms with van der Waals surface area (Å²) in [5, 5.41) is 11.8. The van der Waals surface area contributed by atoms with Crippen molar-refractivity contribution >= 4 is 16.7 Å². The summed E-state index contributed by atoms with van der Waals surface area (Å²) in [4.78, 5) is 20.8. The molecule has 0 unspecified atom stereocenters. The largest absolute Gasteiger partial charge is 0.487 e. The summed E-state index contributed by atoms with van der Waals surface area (Å²) in [6, 6.07) is 22.5. The third-order valence-corrected chi connectivity index (χ3v) is 4.35. The highest BCUT2D eigenvalue weighted by Gasteiger charge is 2.24. The summed E-state index contributed by atoms with van der Waals surface area (Å²) in [6.45, 7) is 2.11. The monoisotopic (exact) mass is 371 g/mol. The van der Waals surface area contributed by atoms with Crippen molar-refractivity contribution in [3.8, 4) is 28.3 Å². The number of rotatable bonds is 5. The Hall–Kier alpha value is -3.80. The molecule has 0 N–H and O–H groups in total. The summed E-state index contributed by atoms with van der Waals surface area (Å²) >= 11 is 0.